The number of aromatic nitrogens is 1. The van der Waals surface area contributed by atoms with Crippen molar-refractivity contribution in [2.45, 2.75) is 6.92 Å². The normalized spacial score (nSPS) is 11.6. The van der Waals surface area contributed by atoms with Crippen molar-refractivity contribution in [2.24, 2.45) is 0 Å². The van der Waals surface area contributed by atoms with E-state index in [1.54, 1.807) is 0 Å². The van der Waals surface area contributed by atoms with Crippen molar-refractivity contribution in [3.8, 4) is 22.4 Å². The molecule has 0 spiro atoms. The van der Waals surface area contributed by atoms with Crippen molar-refractivity contribution in [3.63, 3.8) is 0 Å². The van der Waals surface area contributed by atoms with E-state index < -0.39 is 0 Å². The molecule has 0 saturated carbocycles. The number of rotatable bonds is 2. The molecular weight excluding hydrogens is 358 g/mol. The van der Waals surface area contributed by atoms with E-state index in [1.807, 2.05) is 49.5 Å². The van der Waals surface area contributed by atoms with Gasteiger partial charge in [0.25, 0.3) is 0 Å². The molecule has 3 heterocycles. The summed E-state index contributed by atoms with van der Waals surface area (Å²) in [5.74, 6) is 0.903. The number of benzene rings is 3. The van der Waals surface area contributed by atoms with Crippen molar-refractivity contribution >= 4 is 32.9 Å². The number of para-hydroxylation sites is 3. The molecule has 0 amide bonds. The summed E-state index contributed by atoms with van der Waals surface area (Å²) in [7, 11) is 0. The molecule has 3 aromatic carbocycles. The van der Waals surface area contributed by atoms with E-state index in [4.69, 9.17) is 13.8 Å². The van der Waals surface area contributed by atoms with Crippen molar-refractivity contribution in [2.75, 3.05) is 0 Å². The third-order valence-electron chi connectivity index (χ3n) is 5.50. The maximum absolute atomic E-state index is 6.16. The van der Waals surface area contributed by atoms with Gasteiger partial charge in [-0.05, 0) is 31.2 Å². The predicted octanol–water partition coefficient (Wildman–Crippen LogP) is 7.37. The molecule has 0 aliphatic rings. The van der Waals surface area contributed by atoms with Crippen LogP contribution in [-0.4, -0.2) is 4.98 Å². The van der Waals surface area contributed by atoms with Gasteiger partial charge in [-0.2, -0.15) is 0 Å². The predicted molar refractivity (Wildman–Crippen MR) is 117 cm³/mol. The summed E-state index contributed by atoms with van der Waals surface area (Å²) in [4.78, 5) is 4.77. The zero-order valence-electron chi connectivity index (χ0n) is 15.8. The Hall–Kier alpha value is -3.85. The van der Waals surface area contributed by atoms with Gasteiger partial charge in [0.2, 0.25) is 0 Å². The monoisotopic (exact) mass is 375 g/mol. The molecule has 3 heteroatoms. The molecule has 0 fully saturated rings. The molecule has 0 radical (unpaired) electrons. The largest absolute Gasteiger partial charge is 0.461 e. The van der Waals surface area contributed by atoms with Gasteiger partial charge >= 0.3 is 0 Å². The lowest BCUT2D eigenvalue weighted by molar-refractivity contribution is 0.580. The summed E-state index contributed by atoms with van der Waals surface area (Å²) < 4.78 is 12.1. The van der Waals surface area contributed by atoms with Crippen LogP contribution in [-0.2, 0) is 0 Å². The van der Waals surface area contributed by atoms with E-state index >= 15 is 0 Å². The third-order valence-corrected chi connectivity index (χ3v) is 5.50. The highest BCUT2D eigenvalue weighted by atomic mass is 16.3. The van der Waals surface area contributed by atoms with Crippen molar-refractivity contribution in [3.05, 3.63) is 90.8 Å². The Balaban J connectivity index is 1.50. The Morgan fingerprint density at radius 2 is 1.38 bits per heavy atom. The van der Waals surface area contributed by atoms with Crippen LogP contribution in [0.4, 0.5) is 0 Å². The Kier molecular flexibility index (Phi) is 3.38. The topological polar surface area (TPSA) is 39.2 Å². The van der Waals surface area contributed by atoms with Gasteiger partial charge < -0.3 is 8.83 Å². The Bertz CT molecular complexity index is 1500. The highest BCUT2D eigenvalue weighted by Crippen LogP contribution is 2.37. The number of fused-ring (bicyclic) bond motifs is 4. The summed E-state index contributed by atoms with van der Waals surface area (Å²) >= 11 is 0. The number of hydrogen-bond acceptors (Lipinski definition) is 3. The number of aryl methyl sites for hydroxylation is 1. The van der Waals surface area contributed by atoms with Crippen molar-refractivity contribution in [1.82, 2.24) is 4.98 Å². The van der Waals surface area contributed by atoms with E-state index in [-0.39, 0.29) is 0 Å². The zero-order chi connectivity index (χ0) is 19.4. The first-order valence-corrected chi connectivity index (χ1v) is 9.65. The van der Waals surface area contributed by atoms with Crippen LogP contribution in [0.2, 0.25) is 0 Å². The lowest BCUT2D eigenvalue weighted by Crippen LogP contribution is -1.86. The van der Waals surface area contributed by atoms with Crippen LogP contribution in [0, 0.1) is 6.92 Å². The van der Waals surface area contributed by atoms with Gasteiger partial charge in [-0.25, -0.2) is 0 Å². The third kappa shape index (κ3) is 2.41. The lowest BCUT2D eigenvalue weighted by Gasteiger charge is -2.05. The smallest absolute Gasteiger partial charge is 0.144 e. The fourth-order valence-corrected chi connectivity index (χ4v) is 4.18. The minimum absolute atomic E-state index is 0.874. The SMILES string of the molecule is Cc1oc2ccccc2c1-c1ccc(-c2cccc3c2oc2ccccc23)nc1. The number of nitrogens with zero attached hydrogens (tertiary/aromatic N) is 1. The lowest BCUT2D eigenvalue weighted by atomic mass is 10.0. The molecule has 0 saturated heterocycles. The van der Waals surface area contributed by atoms with Gasteiger partial charge in [0.1, 0.15) is 22.5 Å². The van der Waals surface area contributed by atoms with Crippen LogP contribution in [0.15, 0.2) is 93.9 Å². The van der Waals surface area contributed by atoms with E-state index in [9.17, 15) is 0 Å². The molecule has 3 nitrogen and oxygen atoms in total. The molecule has 29 heavy (non-hydrogen) atoms. The standard InChI is InChI=1S/C26H17NO2/c1-16-25(21-8-3-5-12-24(21)28-16)17-13-14-22(27-15-17)20-10-6-9-19-18-7-2-4-11-23(18)29-26(19)20/h2-15H,1H3. The first-order chi connectivity index (χ1) is 14.3. The first-order valence-electron chi connectivity index (χ1n) is 9.65. The Morgan fingerprint density at radius 3 is 2.17 bits per heavy atom. The fraction of sp³-hybridized carbons (Fsp3) is 0.0385. The van der Waals surface area contributed by atoms with Crippen LogP contribution in [0.1, 0.15) is 5.76 Å². The van der Waals surface area contributed by atoms with Crippen molar-refractivity contribution < 1.29 is 8.83 Å². The highest BCUT2D eigenvalue weighted by molar-refractivity contribution is 6.09. The van der Waals surface area contributed by atoms with Crippen LogP contribution in [0.3, 0.4) is 0 Å². The molecule has 6 rings (SSSR count). The first kappa shape index (κ1) is 16.1. The quantitative estimate of drug-likeness (QED) is 0.317. The summed E-state index contributed by atoms with van der Waals surface area (Å²) in [5, 5.41) is 3.35. The van der Waals surface area contributed by atoms with Crippen LogP contribution >= 0.6 is 0 Å². The summed E-state index contributed by atoms with van der Waals surface area (Å²) in [5.41, 5.74) is 6.71. The maximum Gasteiger partial charge on any atom is 0.144 e. The number of hydrogen-bond donors (Lipinski definition) is 0. The second-order valence-corrected chi connectivity index (χ2v) is 7.24. The van der Waals surface area contributed by atoms with Crippen LogP contribution in [0.5, 0.6) is 0 Å². The maximum atomic E-state index is 6.16. The van der Waals surface area contributed by atoms with Gasteiger partial charge in [-0.3, -0.25) is 4.98 Å². The zero-order valence-corrected chi connectivity index (χ0v) is 15.8. The van der Waals surface area contributed by atoms with Crippen LogP contribution in [0.25, 0.3) is 55.3 Å². The van der Waals surface area contributed by atoms with Gasteiger partial charge in [0, 0.05) is 39.0 Å². The molecule has 0 bridgehead atoms. The Labute approximate surface area is 167 Å². The second kappa shape index (κ2) is 6.08. The van der Waals surface area contributed by atoms with Gasteiger partial charge in [0.05, 0.1) is 5.69 Å². The molecule has 0 atom stereocenters. The average Bonchev–Trinajstić information content (AvgIpc) is 3.30. The fourth-order valence-electron chi connectivity index (χ4n) is 4.18. The summed E-state index contributed by atoms with van der Waals surface area (Å²) in [6, 6.07) is 26.6. The minimum atomic E-state index is 0.874. The number of pyridine rings is 1. The molecule has 0 aliphatic heterocycles. The molecule has 3 aromatic heterocycles. The second-order valence-electron chi connectivity index (χ2n) is 7.24. The molecule has 0 aliphatic carbocycles. The summed E-state index contributed by atoms with van der Waals surface area (Å²) in [6.45, 7) is 2.00. The average molecular weight is 375 g/mol. The highest BCUT2D eigenvalue weighted by Gasteiger charge is 2.15. The van der Waals surface area contributed by atoms with Gasteiger partial charge in [-0.15, -0.1) is 0 Å². The summed E-state index contributed by atoms with van der Waals surface area (Å²) in [6.07, 6.45) is 1.92. The van der Waals surface area contributed by atoms with Gasteiger partial charge in [-0.1, -0.05) is 54.6 Å². The number of furan rings is 2. The van der Waals surface area contributed by atoms with E-state index in [1.165, 1.54) is 0 Å². The minimum Gasteiger partial charge on any atom is -0.461 e. The van der Waals surface area contributed by atoms with Gasteiger partial charge in [0.15, 0.2) is 0 Å². The van der Waals surface area contributed by atoms with Crippen LogP contribution < -0.4 is 0 Å². The van der Waals surface area contributed by atoms with E-state index in [0.717, 1.165) is 61.1 Å². The molecule has 0 N–H and O–H groups in total. The van der Waals surface area contributed by atoms with Crippen molar-refractivity contribution in [1.29, 1.82) is 0 Å². The Morgan fingerprint density at radius 1 is 0.655 bits per heavy atom. The van der Waals surface area contributed by atoms with E-state index in [0.29, 0.717) is 0 Å². The molecule has 0 unspecified atom stereocenters. The molecule has 6 aromatic rings. The molecular formula is C26H17NO2. The van der Waals surface area contributed by atoms with E-state index in [2.05, 4.69) is 42.5 Å². The molecule has 138 valence electrons.